The Kier molecular flexibility index (Phi) is 5.00. The van der Waals surface area contributed by atoms with Gasteiger partial charge in [-0.05, 0) is 32.0 Å². The van der Waals surface area contributed by atoms with Gasteiger partial charge in [0.15, 0.2) is 0 Å². The van der Waals surface area contributed by atoms with Gasteiger partial charge < -0.3 is 14.6 Å². The van der Waals surface area contributed by atoms with Crippen LogP contribution in [0, 0.1) is 25.2 Å². The summed E-state index contributed by atoms with van der Waals surface area (Å²) in [5, 5.41) is 11.8. The van der Waals surface area contributed by atoms with Crippen LogP contribution < -0.4 is 5.32 Å². The molecule has 0 atom stereocenters. The van der Waals surface area contributed by atoms with E-state index in [1.165, 1.54) is 0 Å². The third-order valence-corrected chi connectivity index (χ3v) is 4.33. The molecule has 1 aliphatic heterocycles. The fourth-order valence-corrected chi connectivity index (χ4v) is 2.78. The van der Waals surface area contributed by atoms with E-state index in [1.807, 2.05) is 13.8 Å². The van der Waals surface area contributed by atoms with E-state index in [1.54, 1.807) is 29.2 Å². The van der Waals surface area contributed by atoms with Crippen LogP contribution in [0.1, 0.15) is 22.9 Å². The molecule has 25 heavy (non-hydrogen) atoms. The molecule has 0 radical (unpaired) electrons. The number of anilines is 1. The number of carbonyl (C=O) groups is 1. The molecular formula is C18H21N5O2. The summed E-state index contributed by atoms with van der Waals surface area (Å²) in [6.45, 7) is 7.33. The maximum absolute atomic E-state index is 12.4. The summed E-state index contributed by atoms with van der Waals surface area (Å²) in [6.07, 6.45) is 0. The summed E-state index contributed by atoms with van der Waals surface area (Å²) in [5.41, 5.74) is 2.09. The number of carbonyl (C=O) groups excluding carboxylic acids is 1. The van der Waals surface area contributed by atoms with Crippen molar-refractivity contribution in [3.8, 4) is 6.07 Å². The molecule has 2 aromatic rings. The second-order valence-corrected chi connectivity index (χ2v) is 6.14. The molecule has 7 nitrogen and oxygen atoms in total. The van der Waals surface area contributed by atoms with E-state index in [0.29, 0.717) is 30.9 Å². The molecule has 0 bridgehead atoms. The van der Waals surface area contributed by atoms with Crippen LogP contribution in [0.4, 0.5) is 10.5 Å². The lowest BCUT2D eigenvalue weighted by Crippen LogP contribution is -2.49. The minimum atomic E-state index is -0.141. The number of piperazine rings is 1. The van der Waals surface area contributed by atoms with E-state index in [9.17, 15) is 4.79 Å². The summed E-state index contributed by atoms with van der Waals surface area (Å²) in [7, 11) is 0. The Bertz CT molecular complexity index is 781. The van der Waals surface area contributed by atoms with Crippen molar-refractivity contribution in [3.05, 3.63) is 47.2 Å². The maximum atomic E-state index is 12.4. The third-order valence-electron chi connectivity index (χ3n) is 4.33. The van der Waals surface area contributed by atoms with Crippen LogP contribution in [-0.4, -0.2) is 47.0 Å². The van der Waals surface area contributed by atoms with E-state index in [-0.39, 0.29) is 6.03 Å². The summed E-state index contributed by atoms with van der Waals surface area (Å²) in [5.74, 6) is 1.58. The van der Waals surface area contributed by atoms with E-state index < -0.39 is 0 Å². The average molecular weight is 339 g/mol. The molecule has 0 spiro atoms. The molecule has 1 aromatic heterocycles. The number of rotatable bonds is 3. The average Bonchev–Trinajstić information content (AvgIpc) is 2.93. The third kappa shape index (κ3) is 4.17. The monoisotopic (exact) mass is 339 g/mol. The number of oxazole rings is 1. The Morgan fingerprint density at radius 1 is 1.32 bits per heavy atom. The van der Waals surface area contributed by atoms with Gasteiger partial charge in [-0.2, -0.15) is 5.26 Å². The SMILES string of the molecule is Cc1nc(CN2CCN(C(=O)Nc3cccc(C#N)c3)CC2)oc1C. The molecular weight excluding hydrogens is 318 g/mol. The highest BCUT2D eigenvalue weighted by molar-refractivity contribution is 5.89. The van der Waals surface area contributed by atoms with Crippen LogP contribution in [-0.2, 0) is 6.54 Å². The van der Waals surface area contributed by atoms with Gasteiger partial charge in [-0.3, -0.25) is 4.90 Å². The van der Waals surface area contributed by atoms with Gasteiger partial charge in [-0.1, -0.05) is 6.07 Å². The lowest BCUT2D eigenvalue weighted by atomic mass is 10.2. The minimum Gasteiger partial charge on any atom is -0.444 e. The lowest BCUT2D eigenvalue weighted by Gasteiger charge is -2.34. The number of amides is 2. The van der Waals surface area contributed by atoms with Crippen LogP contribution in [0.25, 0.3) is 0 Å². The van der Waals surface area contributed by atoms with Gasteiger partial charge in [0.25, 0.3) is 0 Å². The second kappa shape index (κ2) is 7.36. The summed E-state index contributed by atoms with van der Waals surface area (Å²) in [4.78, 5) is 20.8. The molecule has 1 fully saturated rings. The highest BCUT2D eigenvalue weighted by atomic mass is 16.4. The predicted octanol–water partition coefficient (Wildman–Crippen LogP) is 2.51. The number of benzene rings is 1. The summed E-state index contributed by atoms with van der Waals surface area (Å²) >= 11 is 0. The van der Waals surface area contributed by atoms with Gasteiger partial charge in [0.05, 0.1) is 23.9 Å². The number of nitrogens with zero attached hydrogens (tertiary/aromatic N) is 4. The number of nitrogens with one attached hydrogen (secondary N) is 1. The van der Waals surface area contributed by atoms with Crippen molar-refractivity contribution in [1.82, 2.24) is 14.8 Å². The first-order chi connectivity index (χ1) is 12.0. The Hall–Kier alpha value is -2.85. The fourth-order valence-electron chi connectivity index (χ4n) is 2.78. The Balaban J connectivity index is 1.51. The number of hydrogen-bond acceptors (Lipinski definition) is 5. The minimum absolute atomic E-state index is 0.141. The van der Waals surface area contributed by atoms with E-state index in [2.05, 4.69) is 21.3 Å². The van der Waals surface area contributed by atoms with Crippen LogP contribution in [0.2, 0.25) is 0 Å². The second-order valence-electron chi connectivity index (χ2n) is 6.14. The maximum Gasteiger partial charge on any atom is 0.321 e. The first-order valence-electron chi connectivity index (χ1n) is 8.26. The van der Waals surface area contributed by atoms with E-state index in [0.717, 1.165) is 30.4 Å². The standard InChI is InChI=1S/C18H21N5O2/c1-13-14(2)25-17(20-13)12-22-6-8-23(9-7-22)18(24)21-16-5-3-4-15(10-16)11-19/h3-5,10H,6-9,12H2,1-2H3,(H,21,24). The van der Waals surface area contributed by atoms with Crippen LogP contribution >= 0.6 is 0 Å². The van der Waals surface area contributed by atoms with Crippen molar-refractivity contribution < 1.29 is 9.21 Å². The molecule has 0 saturated carbocycles. The lowest BCUT2D eigenvalue weighted by molar-refractivity contribution is 0.135. The molecule has 0 unspecified atom stereocenters. The zero-order chi connectivity index (χ0) is 17.8. The van der Waals surface area contributed by atoms with Crippen molar-refractivity contribution in [2.75, 3.05) is 31.5 Å². The molecule has 2 amide bonds. The Labute approximate surface area is 146 Å². The molecule has 1 aromatic carbocycles. The molecule has 1 aliphatic rings. The zero-order valence-electron chi connectivity index (χ0n) is 14.5. The van der Waals surface area contributed by atoms with Gasteiger partial charge in [-0.15, -0.1) is 0 Å². The van der Waals surface area contributed by atoms with Crippen molar-refractivity contribution in [1.29, 1.82) is 5.26 Å². The molecule has 3 rings (SSSR count). The fraction of sp³-hybridized carbons (Fsp3) is 0.389. The molecule has 130 valence electrons. The first-order valence-corrected chi connectivity index (χ1v) is 8.26. The number of aryl methyl sites for hydroxylation is 2. The van der Waals surface area contributed by atoms with Gasteiger partial charge in [0.1, 0.15) is 5.76 Å². The topological polar surface area (TPSA) is 85.4 Å². The molecule has 1 saturated heterocycles. The Morgan fingerprint density at radius 2 is 2.08 bits per heavy atom. The number of aromatic nitrogens is 1. The smallest absolute Gasteiger partial charge is 0.321 e. The predicted molar refractivity (Wildman–Crippen MR) is 93.0 cm³/mol. The van der Waals surface area contributed by atoms with Crippen LogP contribution in [0.3, 0.4) is 0 Å². The normalized spacial score (nSPS) is 15.0. The van der Waals surface area contributed by atoms with Gasteiger partial charge in [-0.25, -0.2) is 9.78 Å². The molecule has 7 heteroatoms. The van der Waals surface area contributed by atoms with Crippen molar-refractivity contribution in [2.45, 2.75) is 20.4 Å². The molecule has 2 heterocycles. The highest BCUT2D eigenvalue weighted by Gasteiger charge is 2.22. The van der Waals surface area contributed by atoms with Crippen LogP contribution in [0.15, 0.2) is 28.7 Å². The zero-order valence-corrected chi connectivity index (χ0v) is 14.5. The quantitative estimate of drug-likeness (QED) is 0.929. The molecule has 0 aliphatic carbocycles. The number of nitriles is 1. The van der Waals surface area contributed by atoms with E-state index >= 15 is 0 Å². The number of hydrogen-bond donors (Lipinski definition) is 1. The highest BCUT2D eigenvalue weighted by Crippen LogP contribution is 2.14. The van der Waals surface area contributed by atoms with Crippen molar-refractivity contribution in [2.24, 2.45) is 0 Å². The van der Waals surface area contributed by atoms with Gasteiger partial charge >= 0.3 is 6.03 Å². The van der Waals surface area contributed by atoms with Crippen molar-refractivity contribution in [3.63, 3.8) is 0 Å². The van der Waals surface area contributed by atoms with Crippen LogP contribution in [0.5, 0.6) is 0 Å². The summed E-state index contributed by atoms with van der Waals surface area (Å²) in [6, 6.07) is 8.84. The molecule has 1 N–H and O–H groups in total. The summed E-state index contributed by atoms with van der Waals surface area (Å²) < 4.78 is 5.62. The first kappa shape index (κ1) is 17.0. The Morgan fingerprint density at radius 3 is 2.72 bits per heavy atom. The van der Waals surface area contributed by atoms with Gasteiger partial charge in [0.2, 0.25) is 5.89 Å². The van der Waals surface area contributed by atoms with E-state index in [4.69, 9.17) is 9.68 Å². The van der Waals surface area contributed by atoms with Crippen molar-refractivity contribution >= 4 is 11.7 Å². The number of urea groups is 1. The largest absolute Gasteiger partial charge is 0.444 e. The van der Waals surface area contributed by atoms with Gasteiger partial charge in [0, 0.05) is 31.9 Å².